The van der Waals surface area contributed by atoms with Gasteiger partial charge in [0.15, 0.2) is 0 Å². The first-order chi connectivity index (χ1) is 11.3. The molecule has 1 aliphatic heterocycles. The van der Waals surface area contributed by atoms with E-state index in [9.17, 15) is 0 Å². The molecule has 0 bridgehead atoms. The third kappa shape index (κ3) is 4.14. The first kappa shape index (κ1) is 16.1. The number of piperidine rings is 1. The Morgan fingerprint density at radius 2 is 2.04 bits per heavy atom. The average Bonchev–Trinajstić information content (AvgIpc) is 2.61. The Balaban J connectivity index is 1.68. The summed E-state index contributed by atoms with van der Waals surface area (Å²) >= 11 is 5.92. The fraction of sp³-hybridized carbons (Fsp3) is 0.444. The van der Waals surface area contributed by atoms with E-state index >= 15 is 0 Å². The highest BCUT2D eigenvalue weighted by molar-refractivity contribution is 6.30. The highest BCUT2D eigenvalue weighted by Crippen LogP contribution is 2.26. The Morgan fingerprint density at radius 3 is 2.83 bits per heavy atom. The van der Waals surface area contributed by atoms with Gasteiger partial charge in [-0.2, -0.15) is 0 Å². The van der Waals surface area contributed by atoms with Gasteiger partial charge in [-0.05, 0) is 43.4 Å². The molecule has 1 aromatic carbocycles. The zero-order valence-corrected chi connectivity index (χ0v) is 14.3. The van der Waals surface area contributed by atoms with Crippen LogP contribution < -0.4 is 10.2 Å². The van der Waals surface area contributed by atoms with Gasteiger partial charge in [-0.3, -0.25) is 0 Å². The second kappa shape index (κ2) is 7.64. The fourth-order valence-electron chi connectivity index (χ4n) is 3.12. The molecular formula is C18H23ClN4. The number of benzene rings is 1. The number of nitrogens with zero attached hydrogens (tertiary/aromatic N) is 3. The smallest absolute Gasteiger partial charge is 0.134 e. The van der Waals surface area contributed by atoms with E-state index in [2.05, 4.69) is 33.2 Å². The lowest BCUT2D eigenvalue weighted by atomic mass is 10.0. The molecule has 0 saturated carbocycles. The van der Waals surface area contributed by atoms with Crippen molar-refractivity contribution in [3.8, 4) is 0 Å². The molecule has 0 amide bonds. The average molecular weight is 331 g/mol. The number of anilines is 2. The highest BCUT2D eigenvalue weighted by atomic mass is 35.5. The topological polar surface area (TPSA) is 41.0 Å². The van der Waals surface area contributed by atoms with Crippen molar-refractivity contribution in [1.82, 2.24) is 9.97 Å². The van der Waals surface area contributed by atoms with Crippen LogP contribution in [0.1, 0.15) is 38.2 Å². The molecule has 1 fully saturated rings. The molecule has 4 nitrogen and oxygen atoms in total. The van der Waals surface area contributed by atoms with Gasteiger partial charge in [0, 0.05) is 30.2 Å². The van der Waals surface area contributed by atoms with Crippen molar-refractivity contribution in [2.24, 2.45) is 0 Å². The molecule has 1 aliphatic rings. The Morgan fingerprint density at radius 1 is 1.22 bits per heavy atom. The van der Waals surface area contributed by atoms with E-state index in [4.69, 9.17) is 11.6 Å². The minimum atomic E-state index is 0.600. The molecule has 0 spiro atoms. The van der Waals surface area contributed by atoms with Crippen LogP contribution in [-0.4, -0.2) is 22.6 Å². The van der Waals surface area contributed by atoms with Gasteiger partial charge in [0.25, 0.3) is 0 Å². The van der Waals surface area contributed by atoms with Crippen LogP contribution in [0.15, 0.2) is 36.7 Å². The number of rotatable bonds is 5. The van der Waals surface area contributed by atoms with Gasteiger partial charge in [0.2, 0.25) is 0 Å². The molecule has 23 heavy (non-hydrogen) atoms. The number of nitrogens with one attached hydrogen (secondary N) is 1. The van der Waals surface area contributed by atoms with E-state index < -0.39 is 0 Å². The van der Waals surface area contributed by atoms with Crippen LogP contribution in [0, 0.1) is 0 Å². The van der Waals surface area contributed by atoms with Crippen molar-refractivity contribution >= 4 is 23.2 Å². The Bertz CT molecular complexity index is 629. The number of aromatic nitrogens is 2. The summed E-state index contributed by atoms with van der Waals surface area (Å²) in [7, 11) is 0. The summed E-state index contributed by atoms with van der Waals surface area (Å²) in [5, 5.41) is 4.13. The largest absolute Gasteiger partial charge is 0.366 e. The SMILES string of the molecule is CCC1CCCCN1c1cc(NCc2ccc(Cl)cc2)ncn1. The number of halogens is 1. The molecule has 1 atom stereocenters. The van der Waals surface area contributed by atoms with Gasteiger partial charge < -0.3 is 10.2 Å². The second-order valence-corrected chi connectivity index (χ2v) is 6.43. The summed E-state index contributed by atoms with van der Waals surface area (Å²) in [5.74, 6) is 1.90. The predicted molar refractivity (Wildman–Crippen MR) is 96.1 cm³/mol. The molecule has 2 aromatic rings. The van der Waals surface area contributed by atoms with E-state index in [0.29, 0.717) is 6.04 Å². The van der Waals surface area contributed by atoms with E-state index in [1.807, 2.05) is 24.3 Å². The number of hydrogen-bond acceptors (Lipinski definition) is 4. The lowest BCUT2D eigenvalue weighted by molar-refractivity contribution is 0.446. The van der Waals surface area contributed by atoms with Gasteiger partial charge in [0.1, 0.15) is 18.0 Å². The van der Waals surface area contributed by atoms with Crippen molar-refractivity contribution in [2.75, 3.05) is 16.8 Å². The van der Waals surface area contributed by atoms with Gasteiger partial charge >= 0.3 is 0 Å². The maximum absolute atomic E-state index is 5.92. The second-order valence-electron chi connectivity index (χ2n) is 5.99. The molecule has 1 unspecified atom stereocenters. The van der Waals surface area contributed by atoms with E-state index in [1.54, 1.807) is 6.33 Å². The predicted octanol–water partition coefficient (Wildman–Crippen LogP) is 4.51. The fourth-order valence-corrected chi connectivity index (χ4v) is 3.25. The van der Waals surface area contributed by atoms with Crippen LogP contribution in [-0.2, 0) is 6.54 Å². The van der Waals surface area contributed by atoms with E-state index in [1.165, 1.54) is 24.8 Å². The van der Waals surface area contributed by atoms with Crippen molar-refractivity contribution < 1.29 is 0 Å². The normalized spacial score (nSPS) is 18.0. The number of hydrogen-bond donors (Lipinski definition) is 1. The summed E-state index contributed by atoms with van der Waals surface area (Å²) in [6, 6.07) is 10.5. The van der Waals surface area contributed by atoms with E-state index in [-0.39, 0.29) is 0 Å². The molecular weight excluding hydrogens is 308 g/mol. The minimum Gasteiger partial charge on any atom is -0.366 e. The lowest BCUT2D eigenvalue weighted by Crippen LogP contribution is -2.39. The van der Waals surface area contributed by atoms with Crippen LogP contribution in [0.2, 0.25) is 5.02 Å². The minimum absolute atomic E-state index is 0.600. The van der Waals surface area contributed by atoms with Crippen molar-refractivity contribution in [3.05, 3.63) is 47.2 Å². The van der Waals surface area contributed by atoms with Gasteiger partial charge in [-0.25, -0.2) is 9.97 Å². The van der Waals surface area contributed by atoms with Crippen LogP contribution >= 0.6 is 11.6 Å². The Kier molecular flexibility index (Phi) is 5.34. The van der Waals surface area contributed by atoms with Crippen LogP contribution in [0.3, 0.4) is 0 Å². The third-order valence-corrected chi connectivity index (χ3v) is 4.68. The molecule has 5 heteroatoms. The molecule has 1 saturated heterocycles. The summed E-state index contributed by atoms with van der Waals surface area (Å²) in [5.41, 5.74) is 1.18. The van der Waals surface area contributed by atoms with Crippen molar-refractivity contribution in [3.63, 3.8) is 0 Å². The highest BCUT2D eigenvalue weighted by Gasteiger charge is 2.22. The molecule has 2 heterocycles. The third-order valence-electron chi connectivity index (χ3n) is 4.43. The van der Waals surface area contributed by atoms with Gasteiger partial charge in [0.05, 0.1) is 0 Å². The summed E-state index contributed by atoms with van der Waals surface area (Å²) in [4.78, 5) is 11.3. The monoisotopic (exact) mass is 330 g/mol. The van der Waals surface area contributed by atoms with Crippen LogP contribution in [0.4, 0.5) is 11.6 Å². The lowest BCUT2D eigenvalue weighted by Gasteiger charge is -2.36. The molecule has 0 radical (unpaired) electrons. The van der Waals surface area contributed by atoms with E-state index in [0.717, 1.165) is 36.2 Å². The molecule has 3 rings (SSSR count). The maximum Gasteiger partial charge on any atom is 0.134 e. The van der Waals surface area contributed by atoms with Crippen LogP contribution in [0.5, 0.6) is 0 Å². The standard InChI is InChI=1S/C18H23ClN4/c1-2-16-5-3-4-10-23(16)18-11-17(21-13-22-18)20-12-14-6-8-15(19)9-7-14/h6-9,11,13,16H,2-5,10,12H2,1H3,(H,20,21,22). The Hall–Kier alpha value is -1.81. The van der Waals surface area contributed by atoms with Crippen molar-refractivity contribution in [2.45, 2.75) is 45.2 Å². The zero-order chi connectivity index (χ0) is 16.1. The molecule has 122 valence electrons. The van der Waals surface area contributed by atoms with Crippen molar-refractivity contribution in [1.29, 1.82) is 0 Å². The Labute approximate surface area is 142 Å². The molecule has 1 N–H and O–H groups in total. The maximum atomic E-state index is 5.92. The van der Waals surface area contributed by atoms with Crippen LogP contribution in [0.25, 0.3) is 0 Å². The van der Waals surface area contributed by atoms with Gasteiger partial charge in [-0.1, -0.05) is 30.7 Å². The summed E-state index contributed by atoms with van der Waals surface area (Å²) in [6.45, 7) is 4.07. The molecule has 1 aromatic heterocycles. The zero-order valence-electron chi connectivity index (χ0n) is 13.5. The quantitative estimate of drug-likeness (QED) is 0.875. The van der Waals surface area contributed by atoms with Gasteiger partial charge in [-0.15, -0.1) is 0 Å². The molecule has 0 aliphatic carbocycles. The first-order valence-electron chi connectivity index (χ1n) is 8.33. The summed E-state index contributed by atoms with van der Waals surface area (Å²) in [6.07, 6.45) is 6.64. The summed E-state index contributed by atoms with van der Waals surface area (Å²) < 4.78 is 0. The first-order valence-corrected chi connectivity index (χ1v) is 8.71.